The Bertz CT molecular complexity index is 1580. The molecule has 0 aliphatic carbocycles. The molecule has 0 saturated carbocycles. The van der Waals surface area contributed by atoms with Gasteiger partial charge in [-0.05, 0) is 47.9 Å². The van der Waals surface area contributed by atoms with Gasteiger partial charge in [-0.2, -0.15) is 0 Å². The summed E-state index contributed by atoms with van der Waals surface area (Å²) in [5.41, 5.74) is 6.02. The van der Waals surface area contributed by atoms with Crippen molar-refractivity contribution in [1.82, 2.24) is 4.98 Å². The number of benzene rings is 3. The lowest BCUT2D eigenvalue weighted by atomic mass is 10.00. The number of rotatable bonds is 2. The Balaban J connectivity index is 1.71. The molecule has 0 aliphatic heterocycles. The third kappa shape index (κ3) is 2.34. The van der Waals surface area contributed by atoms with Gasteiger partial charge in [0.25, 0.3) is 0 Å². The summed E-state index contributed by atoms with van der Waals surface area (Å²) in [5, 5.41) is 4.26. The second kappa shape index (κ2) is 5.95. The predicted octanol–water partition coefficient (Wildman–Crippen LogP) is 7.67. The van der Waals surface area contributed by atoms with Gasteiger partial charge in [0.2, 0.25) is 0 Å². The van der Waals surface area contributed by atoms with E-state index in [9.17, 15) is 0 Å². The number of fused-ring (bicyclic) bond motifs is 7. The van der Waals surface area contributed by atoms with Crippen LogP contribution in [0.5, 0.6) is 0 Å². The van der Waals surface area contributed by atoms with Gasteiger partial charge in [0.1, 0.15) is 22.3 Å². The molecule has 29 heavy (non-hydrogen) atoms. The molecule has 3 aromatic heterocycles. The number of furan rings is 2. The van der Waals surface area contributed by atoms with Crippen molar-refractivity contribution >= 4 is 43.9 Å². The Labute approximate surface area is 169 Å². The largest absolute Gasteiger partial charge is 0.456 e. The third-order valence-electron chi connectivity index (χ3n) is 5.61. The molecule has 3 heterocycles. The zero-order valence-electron chi connectivity index (χ0n) is 17.2. The Morgan fingerprint density at radius 2 is 1.55 bits per heavy atom. The fourth-order valence-electron chi connectivity index (χ4n) is 4.19. The lowest BCUT2D eigenvalue weighted by Gasteiger charge is -2.07. The number of pyridine rings is 1. The van der Waals surface area contributed by atoms with Crippen LogP contribution < -0.4 is 0 Å². The Morgan fingerprint density at radius 1 is 0.793 bits per heavy atom. The second-order valence-corrected chi connectivity index (χ2v) is 7.62. The van der Waals surface area contributed by atoms with Crippen LogP contribution >= 0.6 is 0 Å². The highest BCUT2D eigenvalue weighted by atomic mass is 16.3. The van der Waals surface area contributed by atoms with E-state index in [-0.39, 0.29) is 0 Å². The van der Waals surface area contributed by atoms with Gasteiger partial charge in [-0.15, -0.1) is 0 Å². The number of aromatic nitrogens is 1. The highest BCUT2D eigenvalue weighted by Crippen LogP contribution is 2.42. The van der Waals surface area contributed by atoms with E-state index in [4.69, 9.17) is 10.2 Å². The number of hydrogen-bond acceptors (Lipinski definition) is 3. The van der Waals surface area contributed by atoms with E-state index < -0.39 is 5.89 Å². The topological polar surface area (TPSA) is 39.2 Å². The minimum atomic E-state index is -0.693. The average Bonchev–Trinajstić information content (AvgIpc) is 3.30. The highest BCUT2D eigenvalue weighted by molar-refractivity contribution is 6.26. The molecule has 3 nitrogen and oxygen atoms in total. The molecular weight excluding hydrogens is 358 g/mol. The number of para-hydroxylation sites is 2. The molecule has 6 rings (SSSR count). The molecule has 140 valence electrons. The minimum Gasteiger partial charge on any atom is -0.456 e. The van der Waals surface area contributed by atoms with E-state index in [2.05, 4.69) is 17.1 Å². The van der Waals surface area contributed by atoms with Crippen LogP contribution in [0.25, 0.3) is 55.1 Å². The normalized spacial score (nSPS) is 13.0. The maximum atomic E-state index is 8.37. The van der Waals surface area contributed by atoms with Gasteiger partial charge >= 0.3 is 0 Å². The van der Waals surface area contributed by atoms with Crippen LogP contribution in [0, 0.1) is 0 Å². The van der Waals surface area contributed by atoms with Gasteiger partial charge in [0, 0.05) is 34.7 Å². The highest BCUT2D eigenvalue weighted by Gasteiger charge is 2.18. The van der Waals surface area contributed by atoms with Crippen molar-refractivity contribution in [3.63, 3.8) is 0 Å². The zero-order valence-corrected chi connectivity index (χ0v) is 16.2. The molecule has 3 heteroatoms. The first kappa shape index (κ1) is 15.3. The van der Waals surface area contributed by atoms with E-state index in [1.807, 2.05) is 68.4 Å². The van der Waals surface area contributed by atoms with E-state index >= 15 is 0 Å². The summed E-state index contributed by atoms with van der Waals surface area (Å²) in [4.78, 5) is 4.58. The summed E-state index contributed by atoms with van der Waals surface area (Å²) in [6.45, 7) is 3.77. The molecule has 0 unspecified atom stereocenters. The van der Waals surface area contributed by atoms with Crippen LogP contribution in [-0.4, -0.2) is 4.98 Å². The number of nitrogens with zero attached hydrogens (tertiary/aromatic N) is 1. The summed E-state index contributed by atoms with van der Waals surface area (Å²) in [6, 6.07) is 22.1. The molecule has 3 aromatic carbocycles. The van der Waals surface area contributed by atoms with E-state index in [1.54, 1.807) is 6.20 Å². The molecule has 0 bridgehead atoms. The molecular formula is C26H19NO2. The van der Waals surface area contributed by atoms with Crippen LogP contribution in [0.1, 0.15) is 26.7 Å². The van der Waals surface area contributed by atoms with Crippen molar-refractivity contribution in [2.24, 2.45) is 0 Å². The summed E-state index contributed by atoms with van der Waals surface area (Å²) in [6.07, 6.45) is 1.77. The average molecular weight is 378 g/mol. The van der Waals surface area contributed by atoms with Crippen LogP contribution in [0.3, 0.4) is 0 Å². The molecule has 0 fully saturated rings. The Hall–Kier alpha value is -3.59. The molecule has 6 aromatic rings. The van der Waals surface area contributed by atoms with Crippen molar-refractivity contribution in [3.05, 3.63) is 78.5 Å². The molecule has 0 atom stereocenters. The molecule has 0 spiro atoms. The third-order valence-corrected chi connectivity index (χ3v) is 5.61. The van der Waals surface area contributed by atoms with Crippen molar-refractivity contribution in [2.45, 2.75) is 19.7 Å². The van der Waals surface area contributed by atoms with E-state index in [1.165, 1.54) is 0 Å². The van der Waals surface area contributed by atoms with Gasteiger partial charge in [-0.3, -0.25) is 4.98 Å². The smallest absolute Gasteiger partial charge is 0.144 e. The molecule has 0 amide bonds. The second-order valence-electron chi connectivity index (χ2n) is 7.62. The van der Waals surface area contributed by atoms with Gasteiger partial charge in [0.05, 0.1) is 5.69 Å². The Morgan fingerprint density at radius 3 is 2.41 bits per heavy atom. The minimum absolute atomic E-state index is 0.693. The SMILES string of the molecule is [2H]C(C)(C)c1ccnc(-c2cccc3c2oc2ccc4oc5ccccc5c4c23)c1. The maximum absolute atomic E-state index is 8.37. The summed E-state index contributed by atoms with van der Waals surface area (Å²) in [7, 11) is 0. The fourth-order valence-corrected chi connectivity index (χ4v) is 4.19. The lowest BCUT2D eigenvalue weighted by Crippen LogP contribution is -1.90. The van der Waals surface area contributed by atoms with Crippen LogP contribution in [0.15, 0.2) is 81.8 Å². The van der Waals surface area contributed by atoms with E-state index in [0.29, 0.717) is 0 Å². The van der Waals surface area contributed by atoms with Gasteiger partial charge in [0.15, 0.2) is 0 Å². The number of hydrogen-bond donors (Lipinski definition) is 0. The first-order valence-electron chi connectivity index (χ1n) is 10.2. The molecule has 0 saturated heterocycles. The van der Waals surface area contributed by atoms with Crippen molar-refractivity contribution in [2.75, 3.05) is 0 Å². The monoisotopic (exact) mass is 378 g/mol. The first-order chi connectivity index (χ1) is 14.5. The van der Waals surface area contributed by atoms with Crippen molar-refractivity contribution in [3.8, 4) is 11.3 Å². The maximum Gasteiger partial charge on any atom is 0.144 e. The van der Waals surface area contributed by atoms with Gasteiger partial charge in [-0.25, -0.2) is 0 Å². The van der Waals surface area contributed by atoms with Crippen LogP contribution in [0.2, 0.25) is 0 Å². The first-order valence-corrected chi connectivity index (χ1v) is 9.73. The Kier molecular flexibility index (Phi) is 3.15. The summed E-state index contributed by atoms with van der Waals surface area (Å²) in [5.74, 6) is -0.693. The van der Waals surface area contributed by atoms with Gasteiger partial charge < -0.3 is 8.83 Å². The fraction of sp³-hybridized carbons (Fsp3) is 0.115. The summed E-state index contributed by atoms with van der Waals surface area (Å²) < 4.78 is 20.8. The molecule has 0 N–H and O–H groups in total. The van der Waals surface area contributed by atoms with Crippen molar-refractivity contribution < 1.29 is 10.2 Å². The van der Waals surface area contributed by atoms with E-state index in [0.717, 1.165) is 60.7 Å². The standard InChI is InChI=1S/C26H19NO2/c1-15(2)16-12-13-27-20(14-16)17-7-5-8-19-25-23(29-26(17)19)11-10-22-24(25)18-6-3-4-9-21(18)28-22/h3-15H,1-2H3/i15D. The summed E-state index contributed by atoms with van der Waals surface area (Å²) >= 11 is 0. The van der Waals surface area contributed by atoms with Crippen molar-refractivity contribution in [1.29, 1.82) is 0 Å². The quantitative estimate of drug-likeness (QED) is 0.310. The molecule has 0 aliphatic rings. The lowest BCUT2D eigenvalue weighted by molar-refractivity contribution is 0.663. The van der Waals surface area contributed by atoms with Gasteiger partial charge in [-0.1, -0.05) is 44.2 Å². The van der Waals surface area contributed by atoms with Crippen LogP contribution in [0.4, 0.5) is 0 Å². The molecule has 0 radical (unpaired) electrons. The van der Waals surface area contributed by atoms with Crippen LogP contribution in [-0.2, 0) is 0 Å². The predicted molar refractivity (Wildman–Crippen MR) is 118 cm³/mol. The zero-order chi connectivity index (χ0) is 20.5.